The van der Waals surface area contributed by atoms with E-state index in [0.717, 1.165) is 67.2 Å². The van der Waals surface area contributed by atoms with E-state index in [1.807, 2.05) is 30.3 Å². The zero-order valence-corrected chi connectivity index (χ0v) is 23.3. The van der Waals surface area contributed by atoms with Gasteiger partial charge in [-0.2, -0.15) is 0 Å². The molecule has 0 heterocycles. The number of esters is 1. The SMILES string of the molecule is CCC(=O)Oc1c(OC)c(OC)c(OCCCCCCc2ccccc2F)c2ccc(N(CC)CC)cc12. The second kappa shape index (κ2) is 14.5. The van der Waals surface area contributed by atoms with Gasteiger partial charge in [-0.15, -0.1) is 0 Å². The lowest BCUT2D eigenvalue weighted by atomic mass is 10.0. The van der Waals surface area contributed by atoms with Crippen LogP contribution in [0.1, 0.15) is 58.4 Å². The number of benzene rings is 3. The monoisotopic (exact) mass is 525 g/mol. The van der Waals surface area contributed by atoms with Crippen LogP contribution < -0.4 is 23.8 Å². The average Bonchev–Trinajstić information content (AvgIpc) is 2.94. The number of hydrogen-bond acceptors (Lipinski definition) is 6. The molecule has 0 radical (unpaired) electrons. The zero-order valence-electron chi connectivity index (χ0n) is 23.3. The van der Waals surface area contributed by atoms with Crippen LogP contribution in [0.25, 0.3) is 10.8 Å². The van der Waals surface area contributed by atoms with Crippen molar-refractivity contribution in [2.45, 2.75) is 59.3 Å². The molecule has 206 valence electrons. The predicted octanol–water partition coefficient (Wildman–Crippen LogP) is 7.34. The first-order valence-corrected chi connectivity index (χ1v) is 13.5. The molecule has 0 atom stereocenters. The summed E-state index contributed by atoms with van der Waals surface area (Å²) in [5, 5.41) is 1.52. The third kappa shape index (κ3) is 6.88. The van der Waals surface area contributed by atoms with E-state index in [1.54, 1.807) is 20.1 Å². The van der Waals surface area contributed by atoms with E-state index in [2.05, 4.69) is 18.7 Å². The third-order valence-electron chi connectivity index (χ3n) is 6.70. The fourth-order valence-electron chi connectivity index (χ4n) is 4.60. The number of unbranched alkanes of at least 4 members (excludes halogenated alkanes) is 3. The van der Waals surface area contributed by atoms with Gasteiger partial charge in [0, 0.05) is 36.0 Å². The molecule has 0 spiro atoms. The molecule has 0 aliphatic rings. The minimum absolute atomic E-state index is 0.138. The van der Waals surface area contributed by atoms with Gasteiger partial charge in [0.15, 0.2) is 11.5 Å². The number of rotatable bonds is 15. The topological polar surface area (TPSA) is 57.2 Å². The normalized spacial score (nSPS) is 10.9. The Morgan fingerprint density at radius 1 is 0.816 bits per heavy atom. The molecule has 0 saturated carbocycles. The molecule has 3 rings (SSSR count). The summed E-state index contributed by atoms with van der Waals surface area (Å²) in [7, 11) is 3.08. The van der Waals surface area contributed by atoms with E-state index in [-0.39, 0.29) is 18.2 Å². The number of carbonyl (C=O) groups excluding carboxylic acids is 1. The Labute approximate surface area is 225 Å². The van der Waals surface area contributed by atoms with Gasteiger partial charge < -0.3 is 23.8 Å². The van der Waals surface area contributed by atoms with Gasteiger partial charge in [-0.3, -0.25) is 4.79 Å². The largest absolute Gasteiger partial charge is 0.490 e. The van der Waals surface area contributed by atoms with Crippen LogP contribution in [0.15, 0.2) is 42.5 Å². The number of halogens is 1. The molecule has 0 amide bonds. The third-order valence-corrected chi connectivity index (χ3v) is 6.70. The van der Waals surface area contributed by atoms with Crippen LogP contribution in [-0.4, -0.2) is 39.9 Å². The average molecular weight is 526 g/mol. The summed E-state index contributed by atoms with van der Waals surface area (Å²) in [4.78, 5) is 14.6. The number of carbonyl (C=O) groups is 1. The van der Waals surface area contributed by atoms with Crippen molar-refractivity contribution in [2.75, 3.05) is 38.8 Å². The molecule has 0 fully saturated rings. The molecule has 0 bridgehead atoms. The molecular weight excluding hydrogens is 485 g/mol. The van der Waals surface area contributed by atoms with Crippen LogP contribution >= 0.6 is 0 Å². The molecule has 0 aromatic heterocycles. The lowest BCUT2D eigenvalue weighted by Gasteiger charge is -2.24. The van der Waals surface area contributed by atoms with Crippen LogP contribution in [0.4, 0.5) is 10.1 Å². The number of anilines is 1. The summed E-state index contributed by atoms with van der Waals surface area (Å²) in [6.45, 7) is 8.14. The van der Waals surface area contributed by atoms with Crippen molar-refractivity contribution in [3.63, 3.8) is 0 Å². The van der Waals surface area contributed by atoms with E-state index < -0.39 is 0 Å². The standard InChI is InChI=1S/C31H40FNO5/c1-6-27(34)38-29-25-21-23(33(7-2)8-3)18-19-24(25)28(30(35-4)31(29)36-5)37-20-14-10-9-11-15-22-16-12-13-17-26(22)32/h12-13,16-19,21H,6-11,14-15,20H2,1-5H3. The van der Waals surface area contributed by atoms with E-state index >= 15 is 0 Å². The molecule has 0 saturated heterocycles. The number of ether oxygens (including phenoxy) is 4. The van der Waals surface area contributed by atoms with Gasteiger partial charge >= 0.3 is 5.97 Å². The molecule has 3 aromatic carbocycles. The Morgan fingerprint density at radius 3 is 2.16 bits per heavy atom. The summed E-state index contributed by atoms with van der Waals surface area (Å²) >= 11 is 0. The molecule has 0 aliphatic carbocycles. The van der Waals surface area contributed by atoms with Crippen molar-refractivity contribution in [2.24, 2.45) is 0 Å². The summed E-state index contributed by atoms with van der Waals surface area (Å²) < 4.78 is 37.3. The smallest absolute Gasteiger partial charge is 0.311 e. The highest BCUT2D eigenvalue weighted by molar-refractivity contribution is 6.01. The molecule has 3 aromatic rings. The van der Waals surface area contributed by atoms with Crippen LogP contribution in [0.3, 0.4) is 0 Å². The maximum Gasteiger partial charge on any atom is 0.311 e. The fraction of sp³-hybridized carbons (Fsp3) is 0.452. The zero-order chi connectivity index (χ0) is 27.5. The van der Waals surface area contributed by atoms with Crippen molar-refractivity contribution < 1.29 is 28.1 Å². The maximum absolute atomic E-state index is 13.8. The van der Waals surface area contributed by atoms with Crippen molar-refractivity contribution in [3.05, 3.63) is 53.8 Å². The Balaban J connectivity index is 1.82. The van der Waals surface area contributed by atoms with Crippen molar-refractivity contribution in [3.8, 4) is 23.0 Å². The Morgan fingerprint density at radius 2 is 1.50 bits per heavy atom. The van der Waals surface area contributed by atoms with Crippen LogP contribution in [0.5, 0.6) is 23.0 Å². The van der Waals surface area contributed by atoms with Gasteiger partial charge in [0.25, 0.3) is 0 Å². The van der Waals surface area contributed by atoms with Crippen LogP contribution in [-0.2, 0) is 11.2 Å². The van der Waals surface area contributed by atoms with Gasteiger partial charge in [0.2, 0.25) is 11.5 Å². The minimum Gasteiger partial charge on any atom is -0.490 e. The molecule has 38 heavy (non-hydrogen) atoms. The van der Waals surface area contributed by atoms with Gasteiger partial charge in [-0.25, -0.2) is 4.39 Å². The Kier molecular flexibility index (Phi) is 11.1. The van der Waals surface area contributed by atoms with Gasteiger partial charge in [0.1, 0.15) is 5.82 Å². The first-order valence-electron chi connectivity index (χ1n) is 13.5. The molecule has 6 nitrogen and oxygen atoms in total. The van der Waals surface area contributed by atoms with Crippen molar-refractivity contribution in [1.29, 1.82) is 0 Å². The Bertz CT molecular complexity index is 1210. The lowest BCUT2D eigenvalue weighted by Crippen LogP contribution is -2.21. The number of aryl methyl sites for hydroxylation is 1. The van der Waals surface area contributed by atoms with E-state index in [9.17, 15) is 9.18 Å². The van der Waals surface area contributed by atoms with Crippen molar-refractivity contribution in [1.82, 2.24) is 0 Å². The number of methoxy groups -OCH3 is 2. The van der Waals surface area contributed by atoms with Gasteiger partial charge in [-0.1, -0.05) is 38.0 Å². The summed E-state index contributed by atoms with van der Waals surface area (Å²) in [6, 6.07) is 13.0. The molecular formula is C31H40FNO5. The van der Waals surface area contributed by atoms with Gasteiger partial charge in [-0.05, 0) is 62.9 Å². The maximum atomic E-state index is 13.8. The molecule has 0 unspecified atom stereocenters. The summed E-state index contributed by atoms with van der Waals surface area (Å²) in [6.07, 6.45) is 4.68. The fourth-order valence-corrected chi connectivity index (χ4v) is 4.60. The lowest BCUT2D eigenvalue weighted by molar-refractivity contribution is -0.134. The summed E-state index contributed by atoms with van der Waals surface area (Å²) in [5.74, 6) is 1.13. The second-order valence-electron chi connectivity index (χ2n) is 9.06. The number of nitrogens with zero attached hydrogens (tertiary/aromatic N) is 1. The molecule has 0 aliphatic heterocycles. The predicted molar refractivity (Wildman–Crippen MR) is 151 cm³/mol. The second-order valence-corrected chi connectivity index (χ2v) is 9.06. The van der Waals surface area contributed by atoms with Crippen LogP contribution in [0, 0.1) is 5.82 Å². The summed E-state index contributed by atoms with van der Waals surface area (Å²) in [5.41, 5.74) is 1.78. The number of hydrogen-bond donors (Lipinski definition) is 0. The van der Waals surface area contributed by atoms with Gasteiger partial charge in [0.05, 0.1) is 20.8 Å². The minimum atomic E-state index is -0.357. The first-order chi connectivity index (χ1) is 18.5. The first kappa shape index (κ1) is 29.1. The molecule has 0 N–H and O–H groups in total. The highest BCUT2D eigenvalue weighted by atomic mass is 19.1. The van der Waals surface area contributed by atoms with E-state index in [1.165, 1.54) is 13.2 Å². The van der Waals surface area contributed by atoms with Crippen molar-refractivity contribution >= 4 is 22.4 Å². The molecule has 7 heteroatoms. The number of fused-ring (bicyclic) bond motifs is 1. The quantitative estimate of drug-likeness (QED) is 0.118. The highest BCUT2D eigenvalue weighted by Crippen LogP contribution is 2.52. The highest BCUT2D eigenvalue weighted by Gasteiger charge is 2.26. The van der Waals surface area contributed by atoms with E-state index in [0.29, 0.717) is 29.6 Å². The van der Waals surface area contributed by atoms with Crippen LogP contribution in [0.2, 0.25) is 0 Å². The van der Waals surface area contributed by atoms with E-state index in [4.69, 9.17) is 18.9 Å². The Hall–Kier alpha value is -3.48.